The number of carboxylic acid groups (broad SMARTS) is 1. The van der Waals surface area contributed by atoms with Crippen molar-refractivity contribution in [1.82, 2.24) is 14.7 Å². The number of carbonyl (C=O) groups is 2. The standard InChI is InChI=1S/C25H39N3O2.CH2O2/c1-4-27(5-2)25(29)18-26-16-20-15-21(17-26)24(28-12-7-6-11-23(20)28)14-19-9-8-10-22(13-19)30-3;2-1-3/h8-10,13,20-21,23-24H,4-7,11-12,14-18H2,1-3H3;1H,(H,2,3)/t20-,21+,23+,24+;/m1./s1. The largest absolute Gasteiger partial charge is 0.497 e. The number of nitrogens with zero attached hydrogens (tertiary/aromatic N) is 3. The summed E-state index contributed by atoms with van der Waals surface area (Å²) in [7, 11) is 1.75. The van der Waals surface area contributed by atoms with Crippen molar-refractivity contribution >= 4 is 12.4 Å². The summed E-state index contributed by atoms with van der Waals surface area (Å²) in [5, 5.41) is 6.89. The second-order valence-corrected chi connectivity index (χ2v) is 9.55. The van der Waals surface area contributed by atoms with Gasteiger partial charge in [-0.05, 0) is 75.6 Å². The van der Waals surface area contributed by atoms with Crippen LogP contribution in [0.5, 0.6) is 5.75 Å². The van der Waals surface area contributed by atoms with Crippen molar-refractivity contribution < 1.29 is 19.4 Å². The lowest BCUT2D eigenvalue weighted by molar-refractivity contribution is -0.135. The Morgan fingerprint density at radius 2 is 1.94 bits per heavy atom. The van der Waals surface area contributed by atoms with E-state index in [2.05, 4.69) is 41.8 Å². The fourth-order valence-corrected chi connectivity index (χ4v) is 6.32. The van der Waals surface area contributed by atoms with Gasteiger partial charge in [-0.3, -0.25) is 19.4 Å². The maximum Gasteiger partial charge on any atom is 0.290 e. The van der Waals surface area contributed by atoms with Gasteiger partial charge in [0.15, 0.2) is 0 Å². The second-order valence-electron chi connectivity index (χ2n) is 9.55. The summed E-state index contributed by atoms with van der Waals surface area (Å²) in [4.78, 5) is 28.4. The Hall–Kier alpha value is -2.12. The third kappa shape index (κ3) is 6.27. The highest BCUT2D eigenvalue weighted by Gasteiger charge is 2.47. The molecule has 3 aliphatic heterocycles. The molecule has 4 atom stereocenters. The summed E-state index contributed by atoms with van der Waals surface area (Å²) in [6, 6.07) is 9.87. The van der Waals surface area contributed by atoms with Crippen LogP contribution in [0, 0.1) is 11.8 Å². The second kappa shape index (κ2) is 12.4. The van der Waals surface area contributed by atoms with Gasteiger partial charge in [0.25, 0.3) is 6.47 Å². The fraction of sp³-hybridized carbons (Fsp3) is 0.692. The SMILES string of the molecule is CCN(CC)C(=O)CN1C[C@H]2C[C@@H](C1)[C@H](Cc1cccc(OC)c1)N1CCCC[C@@H]21.O=CO. The van der Waals surface area contributed by atoms with E-state index in [1.807, 2.05) is 11.0 Å². The molecule has 1 amide bonds. The van der Waals surface area contributed by atoms with Gasteiger partial charge in [-0.25, -0.2) is 0 Å². The number of likely N-dealkylation sites (tertiary alicyclic amines) is 1. The average molecular weight is 460 g/mol. The molecule has 0 aliphatic carbocycles. The van der Waals surface area contributed by atoms with Crippen LogP contribution < -0.4 is 4.74 Å². The van der Waals surface area contributed by atoms with Crippen LogP contribution in [-0.4, -0.2) is 90.6 Å². The van der Waals surface area contributed by atoms with Gasteiger partial charge in [0.05, 0.1) is 13.7 Å². The Morgan fingerprint density at radius 1 is 1.21 bits per heavy atom. The van der Waals surface area contributed by atoms with Crippen LogP contribution in [0.4, 0.5) is 0 Å². The van der Waals surface area contributed by atoms with Crippen molar-refractivity contribution in [3.8, 4) is 5.75 Å². The number of hydrogen-bond acceptors (Lipinski definition) is 5. The molecule has 1 N–H and O–H groups in total. The molecule has 3 aliphatic rings. The zero-order valence-corrected chi connectivity index (χ0v) is 20.5. The summed E-state index contributed by atoms with van der Waals surface area (Å²) in [6.45, 7) is 9.51. The number of likely N-dealkylation sites (N-methyl/N-ethyl adjacent to an activating group) is 1. The average Bonchev–Trinajstić information content (AvgIpc) is 2.83. The number of piperidine rings is 3. The zero-order valence-electron chi connectivity index (χ0n) is 20.5. The van der Waals surface area contributed by atoms with E-state index in [1.165, 1.54) is 37.8 Å². The molecule has 4 rings (SSSR count). The molecule has 184 valence electrons. The van der Waals surface area contributed by atoms with Gasteiger partial charge in [-0.1, -0.05) is 18.6 Å². The van der Waals surface area contributed by atoms with E-state index in [9.17, 15) is 4.79 Å². The molecule has 0 spiro atoms. The summed E-state index contributed by atoms with van der Waals surface area (Å²) in [6.07, 6.45) is 6.42. The summed E-state index contributed by atoms with van der Waals surface area (Å²) < 4.78 is 5.47. The number of amides is 1. The Morgan fingerprint density at radius 3 is 2.64 bits per heavy atom. The fourth-order valence-electron chi connectivity index (χ4n) is 6.32. The number of methoxy groups -OCH3 is 1. The molecule has 1 aromatic carbocycles. The van der Waals surface area contributed by atoms with E-state index in [1.54, 1.807) is 7.11 Å². The molecule has 1 aromatic rings. The molecule has 33 heavy (non-hydrogen) atoms. The maximum atomic E-state index is 12.8. The highest BCUT2D eigenvalue weighted by molar-refractivity contribution is 5.78. The lowest BCUT2D eigenvalue weighted by atomic mass is 9.71. The Balaban J connectivity index is 0.000000968. The summed E-state index contributed by atoms with van der Waals surface area (Å²) in [5.41, 5.74) is 1.37. The van der Waals surface area contributed by atoms with Crippen molar-refractivity contribution in [3.63, 3.8) is 0 Å². The molecule has 3 heterocycles. The van der Waals surface area contributed by atoms with Crippen LogP contribution in [0.3, 0.4) is 0 Å². The number of fused-ring (bicyclic) bond motifs is 4. The van der Waals surface area contributed by atoms with Crippen LogP contribution in [0.1, 0.15) is 45.1 Å². The minimum absolute atomic E-state index is 0.250. The first-order valence-electron chi connectivity index (χ1n) is 12.5. The van der Waals surface area contributed by atoms with E-state index in [0.717, 1.165) is 44.3 Å². The topological polar surface area (TPSA) is 73.3 Å². The molecule has 3 fully saturated rings. The van der Waals surface area contributed by atoms with Gasteiger partial charge in [0.1, 0.15) is 5.75 Å². The number of benzene rings is 1. The number of carbonyl (C=O) groups excluding carboxylic acids is 1. The van der Waals surface area contributed by atoms with Crippen LogP contribution in [0.2, 0.25) is 0 Å². The van der Waals surface area contributed by atoms with Crippen molar-refractivity contribution in [1.29, 1.82) is 0 Å². The molecule has 0 unspecified atom stereocenters. The highest BCUT2D eigenvalue weighted by atomic mass is 16.5. The van der Waals surface area contributed by atoms with Crippen molar-refractivity contribution in [2.45, 2.75) is 58.0 Å². The molecule has 7 heteroatoms. The number of ether oxygens (including phenoxy) is 1. The zero-order chi connectivity index (χ0) is 23.8. The first-order chi connectivity index (χ1) is 16.0. The Kier molecular flexibility index (Phi) is 9.56. The monoisotopic (exact) mass is 459 g/mol. The van der Waals surface area contributed by atoms with Crippen LogP contribution in [-0.2, 0) is 16.0 Å². The van der Waals surface area contributed by atoms with Gasteiger partial charge < -0.3 is 14.7 Å². The smallest absolute Gasteiger partial charge is 0.290 e. The summed E-state index contributed by atoms with van der Waals surface area (Å²) >= 11 is 0. The first-order valence-corrected chi connectivity index (χ1v) is 12.5. The van der Waals surface area contributed by atoms with Gasteiger partial charge in [0.2, 0.25) is 5.91 Å². The van der Waals surface area contributed by atoms with E-state index < -0.39 is 0 Å². The molecule has 7 nitrogen and oxygen atoms in total. The number of rotatable bonds is 7. The van der Waals surface area contributed by atoms with E-state index in [0.29, 0.717) is 30.5 Å². The molecule has 0 aromatic heterocycles. The maximum absolute atomic E-state index is 12.8. The predicted octanol–water partition coefficient (Wildman–Crippen LogP) is 2.98. The molecular weight excluding hydrogens is 418 g/mol. The first kappa shape index (κ1) is 25.5. The third-order valence-corrected chi connectivity index (χ3v) is 7.75. The predicted molar refractivity (Wildman–Crippen MR) is 129 cm³/mol. The molecule has 2 bridgehead atoms. The van der Waals surface area contributed by atoms with Gasteiger partial charge in [-0.15, -0.1) is 0 Å². The van der Waals surface area contributed by atoms with Gasteiger partial charge in [-0.2, -0.15) is 0 Å². The Bertz CT molecular complexity index is 770. The summed E-state index contributed by atoms with van der Waals surface area (Å²) in [5.74, 6) is 2.61. The quantitative estimate of drug-likeness (QED) is 0.632. The molecule has 0 radical (unpaired) electrons. The lowest BCUT2D eigenvalue weighted by Crippen LogP contribution is -2.64. The van der Waals surface area contributed by atoms with Crippen LogP contribution in [0.25, 0.3) is 0 Å². The third-order valence-electron chi connectivity index (χ3n) is 7.75. The molecule has 3 saturated heterocycles. The van der Waals surface area contributed by atoms with E-state index in [4.69, 9.17) is 14.6 Å². The lowest BCUT2D eigenvalue weighted by Gasteiger charge is -2.57. The van der Waals surface area contributed by atoms with E-state index >= 15 is 0 Å². The molecule has 0 saturated carbocycles. The van der Waals surface area contributed by atoms with Crippen LogP contribution in [0.15, 0.2) is 24.3 Å². The minimum Gasteiger partial charge on any atom is -0.497 e. The normalized spacial score (nSPS) is 27.0. The van der Waals surface area contributed by atoms with Crippen molar-refractivity contribution in [2.24, 2.45) is 11.8 Å². The Labute approximate surface area is 198 Å². The van der Waals surface area contributed by atoms with Crippen molar-refractivity contribution in [3.05, 3.63) is 29.8 Å². The van der Waals surface area contributed by atoms with Gasteiger partial charge >= 0.3 is 0 Å². The van der Waals surface area contributed by atoms with Crippen molar-refractivity contribution in [2.75, 3.05) is 46.4 Å². The minimum atomic E-state index is -0.250. The highest BCUT2D eigenvalue weighted by Crippen LogP contribution is 2.42. The molecular formula is C26H41N3O4. The van der Waals surface area contributed by atoms with Crippen LogP contribution >= 0.6 is 0 Å². The van der Waals surface area contributed by atoms with E-state index in [-0.39, 0.29) is 6.47 Å². The van der Waals surface area contributed by atoms with Gasteiger partial charge in [0, 0.05) is 38.3 Å². The number of hydrogen-bond donors (Lipinski definition) is 1.